The van der Waals surface area contributed by atoms with Crippen LogP contribution in [0.3, 0.4) is 0 Å². The minimum absolute atomic E-state index is 0.163. The monoisotopic (exact) mass is 273 g/mol. The smallest absolute Gasteiger partial charge is 0.314 e. The second-order valence-electron chi connectivity index (χ2n) is 3.94. The zero-order chi connectivity index (χ0) is 14.0. The molecule has 3 nitrogen and oxygen atoms in total. The Morgan fingerprint density at radius 1 is 1.26 bits per heavy atom. The molecule has 2 aromatic rings. The van der Waals surface area contributed by atoms with Crippen molar-refractivity contribution in [3.63, 3.8) is 0 Å². The number of benzene rings is 1. The van der Waals surface area contributed by atoms with Crippen LogP contribution in [0.25, 0.3) is 5.69 Å². The zero-order valence-corrected chi connectivity index (χ0v) is 10.0. The van der Waals surface area contributed by atoms with E-state index in [9.17, 15) is 17.6 Å². The highest BCUT2D eigenvalue weighted by atomic mass is 19.4. The van der Waals surface area contributed by atoms with E-state index >= 15 is 0 Å². The Bertz CT molecular complexity index is 575. The Morgan fingerprint density at radius 3 is 2.63 bits per heavy atom. The van der Waals surface area contributed by atoms with Gasteiger partial charge in [0.05, 0.1) is 16.9 Å². The molecule has 0 aliphatic carbocycles. The van der Waals surface area contributed by atoms with Crippen molar-refractivity contribution in [2.24, 2.45) is 0 Å². The summed E-state index contributed by atoms with van der Waals surface area (Å²) in [6.45, 7) is 0.500. The van der Waals surface area contributed by atoms with E-state index in [1.807, 2.05) is 0 Å². The number of alkyl halides is 3. The predicted molar refractivity (Wildman–Crippen MR) is 61.3 cm³/mol. The summed E-state index contributed by atoms with van der Waals surface area (Å²) in [7, 11) is 1.73. The van der Waals surface area contributed by atoms with Crippen LogP contribution in [-0.2, 0) is 12.7 Å². The van der Waals surface area contributed by atoms with Crippen LogP contribution in [0.2, 0.25) is 0 Å². The second-order valence-corrected chi connectivity index (χ2v) is 3.94. The maximum atomic E-state index is 13.1. The maximum absolute atomic E-state index is 13.1. The van der Waals surface area contributed by atoms with Gasteiger partial charge in [0.15, 0.2) is 0 Å². The van der Waals surface area contributed by atoms with Gasteiger partial charge in [-0.2, -0.15) is 18.3 Å². The molecule has 0 aliphatic heterocycles. The van der Waals surface area contributed by atoms with E-state index in [1.165, 1.54) is 16.9 Å². The normalized spacial score (nSPS) is 11.8. The molecule has 0 amide bonds. The fraction of sp³-hybridized carbons (Fsp3) is 0.250. The standard InChI is InChI=1S/C12H11F4N3/c1-17-7-8-4-5-19(18-8)9-2-3-11(13)10(6-9)12(14,15)16/h2-6,17H,7H2,1H3. The van der Waals surface area contributed by atoms with Crippen LogP contribution in [0.5, 0.6) is 0 Å². The first-order chi connectivity index (χ1) is 8.91. The van der Waals surface area contributed by atoms with Crippen LogP contribution < -0.4 is 5.32 Å². The van der Waals surface area contributed by atoms with Gasteiger partial charge in [0.2, 0.25) is 0 Å². The van der Waals surface area contributed by atoms with Crippen LogP contribution in [0.1, 0.15) is 11.3 Å². The lowest BCUT2D eigenvalue weighted by Gasteiger charge is -2.10. The van der Waals surface area contributed by atoms with E-state index in [2.05, 4.69) is 10.4 Å². The van der Waals surface area contributed by atoms with E-state index in [4.69, 9.17) is 0 Å². The Labute approximate surface area is 106 Å². The fourth-order valence-electron chi connectivity index (χ4n) is 1.65. The van der Waals surface area contributed by atoms with Crippen molar-refractivity contribution in [3.8, 4) is 5.69 Å². The third-order valence-electron chi connectivity index (χ3n) is 2.52. The fourth-order valence-corrected chi connectivity index (χ4v) is 1.65. The molecule has 0 fully saturated rings. The van der Waals surface area contributed by atoms with Gasteiger partial charge in [-0.25, -0.2) is 9.07 Å². The topological polar surface area (TPSA) is 29.9 Å². The van der Waals surface area contributed by atoms with Gasteiger partial charge >= 0.3 is 6.18 Å². The summed E-state index contributed by atoms with van der Waals surface area (Å²) < 4.78 is 52.2. The molecule has 1 aromatic carbocycles. The summed E-state index contributed by atoms with van der Waals surface area (Å²) in [6, 6.07) is 4.46. The molecule has 7 heteroatoms. The quantitative estimate of drug-likeness (QED) is 0.871. The molecule has 0 atom stereocenters. The van der Waals surface area contributed by atoms with E-state index < -0.39 is 17.6 Å². The number of aromatic nitrogens is 2. The van der Waals surface area contributed by atoms with Crippen molar-refractivity contribution < 1.29 is 17.6 Å². The lowest BCUT2D eigenvalue weighted by Crippen LogP contribution is -2.10. The van der Waals surface area contributed by atoms with Crippen molar-refractivity contribution in [2.75, 3.05) is 7.05 Å². The number of nitrogens with zero attached hydrogens (tertiary/aromatic N) is 2. The molecule has 0 radical (unpaired) electrons. The van der Waals surface area contributed by atoms with E-state index in [-0.39, 0.29) is 5.69 Å². The first kappa shape index (κ1) is 13.5. The highest BCUT2D eigenvalue weighted by Crippen LogP contribution is 2.32. The van der Waals surface area contributed by atoms with Crippen LogP contribution >= 0.6 is 0 Å². The number of nitrogens with one attached hydrogen (secondary N) is 1. The Balaban J connectivity index is 2.39. The van der Waals surface area contributed by atoms with Crippen molar-refractivity contribution >= 4 is 0 Å². The molecular formula is C12H11F4N3. The number of hydrogen-bond acceptors (Lipinski definition) is 2. The summed E-state index contributed by atoms with van der Waals surface area (Å²) in [5.41, 5.74) is -0.452. The molecule has 2 rings (SSSR count). The largest absolute Gasteiger partial charge is 0.419 e. The van der Waals surface area contributed by atoms with Crippen molar-refractivity contribution in [2.45, 2.75) is 12.7 Å². The highest BCUT2D eigenvalue weighted by molar-refractivity contribution is 5.37. The van der Waals surface area contributed by atoms with E-state index in [0.717, 1.165) is 12.1 Å². The van der Waals surface area contributed by atoms with Crippen LogP contribution in [-0.4, -0.2) is 16.8 Å². The first-order valence-corrected chi connectivity index (χ1v) is 5.48. The maximum Gasteiger partial charge on any atom is 0.419 e. The molecule has 1 N–H and O–H groups in total. The Hall–Kier alpha value is -1.89. The van der Waals surface area contributed by atoms with Crippen molar-refractivity contribution in [3.05, 3.63) is 47.5 Å². The Morgan fingerprint density at radius 2 is 2.00 bits per heavy atom. The van der Waals surface area contributed by atoms with Crippen LogP contribution in [0, 0.1) is 5.82 Å². The molecule has 0 spiro atoms. The van der Waals surface area contributed by atoms with Crippen LogP contribution in [0.4, 0.5) is 17.6 Å². The van der Waals surface area contributed by atoms with E-state index in [0.29, 0.717) is 12.2 Å². The average molecular weight is 273 g/mol. The number of halogens is 4. The third kappa shape index (κ3) is 2.93. The van der Waals surface area contributed by atoms with Crippen LogP contribution in [0.15, 0.2) is 30.5 Å². The highest BCUT2D eigenvalue weighted by Gasteiger charge is 2.34. The molecule has 0 saturated heterocycles. The molecule has 1 heterocycles. The second kappa shape index (κ2) is 5.00. The van der Waals surface area contributed by atoms with Gasteiger partial charge in [-0.1, -0.05) is 0 Å². The SMILES string of the molecule is CNCc1ccn(-c2ccc(F)c(C(F)(F)F)c2)n1. The molecule has 0 saturated carbocycles. The molecule has 19 heavy (non-hydrogen) atoms. The molecule has 0 bridgehead atoms. The summed E-state index contributed by atoms with van der Waals surface area (Å²) in [6.07, 6.45) is -3.19. The van der Waals surface area contributed by atoms with Gasteiger partial charge in [-0.3, -0.25) is 0 Å². The summed E-state index contributed by atoms with van der Waals surface area (Å²) in [5, 5.41) is 6.97. The van der Waals surface area contributed by atoms with Crippen molar-refractivity contribution in [1.29, 1.82) is 0 Å². The summed E-state index contributed by atoms with van der Waals surface area (Å²) in [5.74, 6) is -1.29. The lowest BCUT2D eigenvalue weighted by atomic mass is 10.2. The molecule has 102 valence electrons. The minimum atomic E-state index is -4.72. The minimum Gasteiger partial charge on any atom is -0.314 e. The summed E-state index contributed by atoms with van der Waals surface area (Å²) in [4.78, 5) is 0. The zero-order valence-electron chi connectivity index (χ0n) is 10.0. The van der Waals surface area contributed by atoms with Gasteiger partial charge in [0.25, 0.3) is 0 Å². The van der Waals surface area contributed by atoms with Gasteiger partial charge < -0.3 is 5.32 Å². The van der Waals surface area contributed by atoms with Gasteiger partial charge in [-0.05, 0) is 31.3 Å². The molecule has 0 aliphatic rings. The predicted octanol–water partition coefficient (Wildman–Crippen LogP) is 2.75. The lowest BCUT2D eigenvalue weighted by molar-refractivity contribution is -0.140. The van der Waals surface area contributed by atoms with Gasteiger partial charge in [0, 0.05) is 12.7 Å². The summed E-state index contributed by atoms with van der Waals surface area (Å²) >= 11 is 0. The van der Waals surface area contributed by atoms with Gasteiger partial charge in [-0.15, -0.1) is 0 Å². The molecular weight excluding hydrogens is 262 g/mol. The third-order valence-corrected chi connectivity index (χ3v) is 2.52. The number of rotatable bonds is 3. The van der Waals surface area contributed by atoms with Gasteiger partial charge in [0.1, 0.15) is 5.82 Å². The average Bonchev–Trinajstić information content (AvgIpc) is 2.77. The first-order valence-electron chi connectivity index (χ1n) is 5.48. The Kier molecular flexibility index (Phi) is 3.57. The molecule has 1 aromatic heterocycles. The molecule has 0 unspecified atom stereocenters. The van der Waals surface area contributed by atoms with Crippen molar-refractivity contribution in [1.82, 2.24) is 15.1 Å². The van der Waals surface area contributed by atoms with E-state index in [1.54, 1.807) is 13.1 Å². The number of hydrogen-bond donors (Lipinski definition) is 1.